The maximum Gasteiger partial charge on any atom is 0.307 e. The van der Waals surface area contributed by atoms with Crippen LogP contribution in [0.4, 0.5) is 5.69 Å². The average molecular weight is 331 g/mol. The smallest absolute Gasteiger partial charge is 0.307 e. The van der Waals surface area contributed by atoms with Gasteiger partial charge in [0.1, 0.15) is 5.75 Å². The zero-order chi connectivity index (χ0) is 16.5. The normalized spacial score (nSPS) is 10.1. The third-order valence-electron chi connectivity index (χ3n) is 2.83. The van der Waals surface area contributed by atoms with Crippen LogP contribution in [0.25, 0.3) is 0 Å². The zero-order valence-corrected chi connectivity index (χ0v) is 13.2. The summed E-state index contributed by atoms with van der Waals surface area (Å²) in [6.45, 7) is -0.324. The predicted molar refractivity (Wildman–Crippen MR) is 89.5 cm³/mol. The summed E-state index contributed by atoms with van der Waals surface area (Å²) < 4.78 is 4.92. The number of carbonyl (C=O) groups is 2. The third kappa shape index (κ3) is 6.44. The third-order valence-corrected chi connectivity index (χ3v) is 3.85. The van der Waals surface area contributed by atoms with Crippen LogP contribution in [0.15, 0.2) is 59.5 Å². The SMILES string of the molecule is O=C(COC(=O)CCSc1ccccc1)Nc1ccc(O)cc1. The summed E-state index contributed by atoms with van der Waals surface area (Å²) >= 11 is 1.56. The number of phenolic OH excluding ortho intramolecular Hbond substituents is 1. The number of esters is 1. The highest BCUT2D eigenvalue weighted by Gasteiger charge is 2.08. The van der Waals surface area contributed by atoms with Crippen LogP contribution in [0, 0.1) is 0 Å². The van der Waals surface area contributed by atoms with Gasteiger partial charge in [0.15, 0.2) is 6.61 Å². The van der Waals surface area contributed by atoms with Gasteiger partial charge in [-0.15, -0.1) is 11.8 Å². The van der Waals surface area contributed by atoms with Gasteiger partial charge in [0.2, 0.25) is 0 Å². The van der Waals surface area contributed by atoms with Gasteiger partial charge >= 0.3 is 5.97 Å². The van der Waals surface area contributed by atoms with Crippen molar-refractivity contribution in [3.63, 3.8) is 0 Å². The van der Waals surface area contributed by atoms with Gasteiger partial charge in [0, 0.05) is 16.3 Å². The lowest BCUT2D eigenvalue weighted by Gasteiger charge is -2.07. The van der Waals surface area contributed by atoms with E-state index in [-0.39, 0.29) is 18.8 Å². The molecule has 0 spiro atoms. The summed E-state index contributed by atoms with van der Waals surface area (Å²) in [7, 11) is 0. The average Bonchev–Trinajstić information content (AvgIpc) is 2.56. The highest BCUT2D eigenvalue weighted by Crippen LogP contribution is 2.18. The minimum Gasteiger partial charge on any atom is -0.508 e. The molecule has 5 nitrogen and oxygen atoms in total. The van der Waals surface area contributed by atoms with Crippen LogP contribution in [0.1, 0.15) is 6.42 Å². The fourth-order valence-corrected chi connectivity index (χ4v) is 2.58. The number of aromatic hydroxyl groups is 1. The van der Waals surface area contributed by atoms with Gasteiger partial charge in [0.05, 0.1) is 6.42 Å². The number of thioether (sulfide) groups is 1. The Bertz CT molecular complexity index is 643. The standard InChI is InChI=1S/C17H17NO4S/c19-14-8-6-13(7-9-14)18-16(20)12-22-17(21)10-11-23-15-4-2-1-3-5-15/h1-9,19H,10-12H2,(H,18,20). The summed E-state index contributed by atoms with van der Waals surface area (Å²) in [6, 6.07) is 15.8. The van der Waals surface area contributed by atoms with Crippen LogP contribution in [0.5, 0.6) is 5.75 Å². The van der Waals surface area contributed by atoms with E-state index in [4.69, 9.17) is 9.84 Å². The van der Waals surface area contributed by atoms with E-state index < -0.39 is 11.9 Å². The van der Waals surface area contributed by atoms with E-state index in [9.17, 15) is 9.59 Å². The number of rotatable bonds is 7. The first-order valence-corrected chi connectivity index (χ1v) is 8.04. The molecule has 6 heteroatoms. The van der Waals surface area contributed by atoms with Crippen molar-refractivity contribution in [2.75, 3.05) is 17.7 Å². The van der Waals surface area contributed by atoms with Crippen molar-refractivity contribution < 1.29 is 19.4 Å². The van der Waals surface area contributed by atoms with E-state index in [1.807, 2.05) is 30.3 Å². The molecule has 0 atom stereocenters. The number of benzene rings is 2. The van der Waals surface area contributed by atoms with Crippen molar-refractivity contribution in [2.24, 2.45) is 0 Å². The number of anilines is 1. The molecule has 0 radical (unpaired) electrons. The molecule has 2 rings (SSSR count). The summed E-state index contributed by atoms with van der Waals surface area (Å²) in [5.41, 5.74) is 0.531. The Hall–Kier alpha value is -2.47. The molecule has 0 bridgehead atoms. The summed E-state index contributed by atoms with van der Waals surface area (Å²) in [6.07, 6.45) is 0.242. The number of ether oxygens (including phenoxy) is 1. The van der Waals surface area contributed by atoms with Crippen molar-refractivity contribution in [1.82, 2.24) is 0 Å². The van der Waals surface area contributed by atoms with Crippen LogP contribution >= 0.6 is 11.8 Å². The summed E-state index contributed by atoms with van der Waals surface area (Å²) in [5.74, 6) is -0.109. The molecule has 0 aliphatic rings. The van der Waals surface area contributed by atoms with Crippen molar-refractivity contribution in [2.45, 2.75) is 11.3 Å². The fraction of sp³-hybridized carbons (Fsp3) is 0.176. The van der Waals surface area contributed by atoms with E-state index in [2.05, 4.69) is 5.32 Å². The van der Waals surface area contributed by atoms with Crippen LogP contribution in [-0.2, 0) is 14.3 Å². The van der Waals surface area contributed by atoms with Crippen LogP contribution in [-0.4, -0.2) is 29.3 Å². The number of carbonyl (C=O) groups excluding carboxylic acids is 2. The van der Waals surface area contributed by atoms with E-state index in [1.165, 1.54) is 12.1 Å². The van der Waals surface area contributed by atoms with E-state index in [0.717, 1.165) is 4.90 Å². The van der Waals surface area contributed by atoms with Gasteiger partial charge in [-0.05, 0) is 36.4 Å². The Balaban J connectivity index is 1.63. The number of hydrogen-bond acceptors (Lipinski definition) is 5. The number of nitrogens with one attached hydrogen (secondary N) is 1. The Morgan fingerprint density at radius 1 is 1.04 bits per heavy atom. The molecule has 2 N–H and O–H groups in total. The van der Waals surface area contributed by atoms with E-state index >= 15 is 0 Å². The monoisotopic (exact) mass is 331 g/mol. The molecule has 0 aromatic heterocycles. The Morgan fingerprint density at radius 2 is 1.74 bits per heavy atom. The molecule has 23 heavy (non-hydrogen) atoms. The molecule has 0 aliphatic heterocycles. The fourth-order valence-electron chi connectivity index (χ4n) is 1.73. The molecule has 0 saturated heterocycles. The predicted octanol–water partition coefficient (Wildman–Crippen LogP) is 3.06. The van der Waals surface area contributed by atoms with Gasteiger partial charge in [-0.2, -0.15) is 0 Å². The maximum atomic E-state index is 11.6. The Kier molecular flexibility index (Phi) is 6.50. The first kappa shape index (κ1) is 16.9. The quantitative estimate of drug-likeness (QED) is 0.463. The molecule has 0 fully saturated rings. The highest BCUT2D eigenvalue weighted by molar-refractivity contribution is 7.99. The molecule has 0 heterocycles. The van der Waals surface area contributed by atoms with Crippen molar-refractivity contribution >= 4 is 29.3 Å². The minimum atomic E-state index is -0.417. The summed E-state index contributed by atoms with van der Waals surface area (Å²) in [5, 5.41) is 11.7. The van der Waals surface area contributed by atoms with Crippen molar-refractivity contribution in [1.29, 1.82) is 0 Å². The lowest BCUT2D eigenvalue weighted by Crippen LogP contribution is -2.20. The maximum absolute atomic E-state index is 11.6. The van der Waals surface area contributed by atoms with Crippen LogP contribution in [0.2, 0.25) is 0 Å². The first-order chi connectivity index (χ1) is 11.1. The van der Waals surface area contributed by atoms with Crippen LogP contribution < -0.4 is 5.32 Å². The molecule has 0 saturated carbocycles. The first-order valence-electron chi connectivity index (χ1n) is 7.06. The molecule has 120 valence electrons. The Labute approximate surface area is 138 Å². The zero-order valence-electron chi connectivity index (χ0n) is 12.4. The van der Waals surface area contributed by atoms with Gasteiger partial charge in [0.25, 0.3) is 5.91 Å². The molecular formula is C17H17NO4S. The number of hydrogen-bond donors (Lipinski definition) is 2. The second-order valence-corrected chi connectivity index (χ2v) is 5.84. The molecule has 2 aromatic rings. The van der Waals surface area contributed by atoms with Gasteiger partial charge < -0.3 is 15.2 Å². The number of phenols is 1. The molecule has 0 unspecified atom stereocenters. The van der Waals surface area contributed by atoms with E-state index in [1.54, 1.807) is 23.9 Å². The van der Waals surface area contributed by atoms with Crippen molar-refractivity contribution in [3.05, 3.63) is 54.6 Å². The highest BCUT2D eigenvalue weighted by atomic mass is 32.2. The lowest BCUT2D eigenvalue weighted by molar-refractivity contribution is -0.146. The number of amides is 1. The minimum absolute atomic E-state index is 0.116. The molecular weight excluding hydrogens is 314 g/mol. The lowest BCUT2D eigenvalue weighted by atomic mass is 10.3. The van der Waals surface area contributed by atoms with Gasteiger partial charge in [-0.3, -0.25) is 9.59 Å². The molecule has 0 aliphatic carbocycles. The molecule has 2 aromatic carbocycles. The van der Waals surface area contributed by atoms with Gasteiger partial charge in [-0.25, -0.2) is 0 Å². The largest absolute Gasteiger partial charge is 0.508 e. The van der Waals surface area contributed by atoms with Crippen molar-refractivity contribution in [3.8, 4) is 5.75 Å². The second kappa shape index (κ2) is 8.85. The second-order valence-electron chi connectivity index (χ2n) is 4.67. The molecule has 1 amide bonds. The van der Waals surface area contributed by atoms with E-state index in [0.29, 0.717) is 11.4 Å². The Morgan fingerprint density at radius 3 is 2.43 bits per heavy atom. The summed E-state index contributed by atoms with van der Waals surface area (Å²) in [4.78, 5) is 24.3. The topological polar surface area (TPSA) is 75.6 Å². The van der Waals surface area contributed by atoms with Crippen LogP contribution in [0.3, 0.4) is 0 Å². The van der Waals surface area contributed by atoms with Gasteiger partial charge in [-0.1, -0.05) is 18.2 Å².